The highest BCUT2D eigenvalue weighted by Gasteiger charge is 2.27. The van der Waals surface area contributed by atoms with Crippen molar-refractivity contribution in [3.63, 3.8) is 0 Å². The Balaban J connectivity index is 1.43. The average molecular weight is 398 g/mol. The van der Waals surface area contributed by atoms with E-state index in [1.807, 2.05) is 32.0 Å². The van der Waals surface area contributed by atoms with Crippen LogP contribution in [0.15, 0.2) is 29.1 Å². The molecule has 1 N–H and O–H groups in total. The highest BCUT2D eigenvalue weighted by atomic mass is 32.1. The van der Waals surface area contributed by atoms with Gasteiger partial charge < -0.3 is 10.2 Å². The summed E-state index contributed by atoms with van der Waals surface area (Å²) in [5.74, 6) is 0.0554. The van der Waals surface area contributed by atoms with Crippen molar-refractivity contribution < 1.29 is 4.79 Å². The molecule has 0 unspecified atom stereocenters. The van der Waals surface area contributed by atoms with Crippen LogP contribution in [0.2, 0.25) is 0 Å². The lowest BCUT2D eigenvalue weighted by molar-refractivity contribution is -0.120. The fourth-order valence-corrected chi connectivity index (χ4v) is 4.50. The van der Waals surface area contributed by atoms with Crippen molar-refractivity contribution in [1.29, 1.82) is 0 Å². The van der Waals surface area contributed by atoms with E-state index in [1.165, 1.54) is 27.5 Å². The highest BCUT2D eigenvalue weighted by Crippen LogP contribution is 2.28. The van der Waals surface area contributed by atoms with Gasteiger partial charge in [0, 0.05) is 36.5 Å². The number of benzene rings is 1. The molecule has 4 rings (SSSR count). The van der Waals surface area contributed by atoms with E-state index in [4.69, 9.17) is 0 Å². The zero-order valence-corrected chi connectivity index (χ0v) is 17.0. The molecule has 0 bridgehead atoms. The molecule has 1 aromatic carbocycles. The van der Waals surface area contributed by atoms with E-state index in [0.29, 0.717) is 10.7 Å². The molecule has 1 aliphatic heterocycles. The van der Waals surface area contributed by atoms with Crippen molar-refractivity contribution >= 4 is 33.0 Å². The molecular formula is C20H23N5O2S. The quantitative estimate of drug-likeness (QED) is 0.735. The molecule has 3 heterocycles. The van der Waals surface area contributed by atoms with Gasteiger partial charge in [0.2, 0.25) is 16.0 Å². The minimum Gasteiger partial charge on any atom is -0.347 e. The minimum absolute atomic E-state index is 0.0198. The fraction of sp³-hybridized carbons (Fsp3) is 0.400. The van der Waals surface area contributed by atoms with E-state index in [0.717, 1.165) is 42.3 Å². The molecule has 1 amide bonds. The zero-order chi connectivity index (χ0) is 19.8. The number of piperidine rings is 1. The van der Waals surface area contributed by atoms with E-state index < -0.39 is 0 Å². The third-order valence-corrected chi connectivity index (χ3v) is 6.33. The van der Waals surface area contributed by atoms with E-state index >= 15 is 0 Å². The molecule has 1 aliphatic rings. The number of carbonyl (C=O) groups is 1. The van der Waals surface area contributed by atoms with Gasteiger partial charge in [-0.15, -0.1) is 5.10 Å². The number of nitrogens with zero attached hydrogens (tertiary/aromatic N) is 4. The van der Waals surface area contributed by atoms with Crippen LogP contribution in [0.4, 0.5) is 10.8 Å². The Bertz CT molecular complexity index is 1100. The van der Waals surface area contributed by atoms with Crippen LogP contribution in [0.3, 0.4) is 0 Å². The Labute approximate surface area is 167 Å². The van der Waals surface area contributed by atoms with Crippen LogP contribution in [-0.4, -0.2) is 33.6 Å². The average Bonchev–Trinajstić information content (AvgIpc) is 3.10. The van der Waals surface area contributed by atoms with E-state index in [2.05, 4.69) is 20.3 Å². The van der Waals surface area contributed by atoms with Gasteiger partial charge >= 0.3 is 0 Å². The number of fused-ring (bicyclic) bond motifs is 1. The minimum atomic E-state index is -0.159. The molecule has 0 saturated carbocycles. The van der Waals surface area contributed by atoms with Gasteiger partial charge in [0.1, 0.15) is 0 Å². The van der Waals surface area contributed by atoms with Crippen LogP contribution in [-0.2, 0) is 4.79 Å². The lowest BCUT2D eigenvalue weighted by Gasteiger charge is -2.30. The van der Waals surface area contributed by atoms with Crippen molar-refractivity contribution in [1.82, 2.24) is 14.6 Å². The third-order valence-electron chi connectivity index (χ3n) is 5.36. The monoisotopic (exact) mass is 397 g/mol. The van der Waals surface area contributed by atoms with Crippen LogP contribution in [0.5, 0.6) is 0 Å². The molecule has 0 atom stereocenters. The van der Waals surface area contributed by atoms with Crippen LogP contribution < -0.4 is 15.8 Å². The molecule has 2 aromatic heterocycles. The summed E-state index contributed by atoms with van der Waals surface area (Å²) in [4.78, 5) is 31.9. The number of nitrogens with one attached hydrogen (secondary N) is 1. The second kappa shape index (κ2) is 7.35. The summed E-state index contributed by atoms with van der Waals surface area (Å²) >= 11 is 1.41. The van der Waals surface area contributed by atoms with E-state index in [-0.39, 0.29) is 17.4 Å². The summed E-state index contributed by atoms with van der Waals surface area (Å²) in [5.41, 5.74) is 3.70. The zero-order valence-electron chi connectivity index (χ0n) is 16.2. The van der Waals surface area contributed by atoms with Crippen LogP contribution in [0.1, 0.15) is 29.7 Å². The van der Waals surface area contributed by atoms with Gasteiger partial charge in [0.25, 0.3) is 5.56 Å². The summed E-state index contributed by atoms with van der Waals surface area (Å²) in [6.45, 7) is 7.35. The van der Waals surface area contributed by atoms with Gasteiger partial charge in [-0.3, -0.25) is 9.59 Å². The first-order valence-electron chi connectivity index (χ1n) is 9.42. The van der Waals surface area contributed by atoms with Crippen molar-refractivity contribution in [2.75, 3.05) is 23.3 Å². The van der Waals surface area contributed by atoms with Crippen molar-refractivity contribution in [2.24, 2.45) is 5.92 Å². The molecule has 8 heteroatoms. The molecule has 7 nitrogen and oxygen atoms in total. The Kier molecular flexibility index (Phi) is 4.89. The van der Waals surface area contributed by atoms with Gasteiger partial charge in [-0.05, 0) is 50.8 Å². The molecule has 28 heavy (non-hydrogen) atoms. The predicted molar refractivity (Wildman–Crippen MR) is 111 cm³/mol. The smallest absolute Gasteiger partial charge is 0.275 e. The maximum Gasteiger partial charge on any atom is 0.275 e. The predicted octanol–water partition coefficient (Wildman–Crippen LogP) is 2.93. The second-order valence-corrected chi connectivity index (χ2v) is 8.25. The second-order valence-electron chi connectivity index (χ2n) is 7.31. The number of amides is 1. The molecule has 3 aromatic rings. The number of hydrogen-bond acceptors (Lipinski definition) is 6. The van der Waals surface area contributed by atoms with Crippen LogP contribution in [0.25, 0.3) is 4.96 Å². The summed E-state index contributed by atoms with van der Waals surface area (Å²) in [6, 6.07) is 7.44. The molecule has 0 radical (unpaired) electrons. The first kappa shape index (κ1) is 18.6. The molecule has 1 fully saturated rings. The Hall–Kier alpha value is -2.74. The van der Waals surface area contributed by atoms with Gasteiger partial charge in [-0.1, -0.05) is 23.5 Å². The maximum atomic E-state index is 12.7. The lowest BCUT2D eigenvalue weighted by atomic mass is 9.96. The Morgan fingerprint density at radius 3 is 2.71 bits per heavy atom. The lowest BCUT2D eigenvalue weighted by Crippen LogP contribution is -2.38. The molecule has 1 saturated heterocycles. The van der Waals surface area contributed by atoms with Crippen LogP contribution >= 0.6 is 11.3 Å². The van der Waals surface area contributed by atoms with Gasteiger partial charge in [-0.2, -0.15) is 4.52 Å². The molecule has 0 aliphatic carbocycles. The SMILES string of the molecule is Cc1cc(=O)n2nc(N3CCC(C(=O)Nc4cccc(C)c4C)CC3)sc2n1. The summed E-state index contributed by atoms with van der Waals surface area (Å²) in [7, 11) is 0. The fourth-order valence-electron chi connectivity index (χ4n) is 3.49. The molecule has 0 spiro atoms. The number of aryl methyl sites for hydroxylation is 2. The normalized spacial score (nSPS) is 15.2. The van der Waals surface area contributed by atoms with Gasteiger partial charge in [0.15, 0.2) is 0 Å². The first-order chi connectivity index (χ1) is 13.4. The van der Waals surface area contributed by atoms with E-state index in [1.54, 1.807) is 6.92 Å². The van der Waals surface area contributed by atoms with Crippen molar-refractivity contribution in [2.45, 2.75) is 33.6 Å². The van der Waals surface area contributed by atoms with Gasteiger partial charge in [0.05, 0.1) is 0 Å². The summed E-state index contributed by atoms with van der Waals surface area (Å²) < 4.78 is 1.35. The number of anilines is 2. The molecule has 146 valence electrons. The number of aromatic nitrogens is 3. The Morgan fingerprint density at radius 1 is 1.21 bits per heavy atom. The maximum absolute atomic E-state index is 12.7. The topological polar surface area (TPSA) is 79.6 Å². The number of rotatable bonds is 3. The van der Waals surface area contributed by atoms with Crippen LogP contribution in [0, 0.1) is 26.7 Å². The standard InChI is InChI=1S/C20H23N5O2S/c1-12-5-4-6-16(14(12)3)22-18(27)15-7-9-24(10-8-15)20-23-25-17(26)11-13(2)21-19(25)28-20/h4-6,11,15H,7-10H2,1-3H3,(H,22,27). The van der Waals surface area contributed by atoms with E-state index in [9.17, 15) is 9.59 Å². The number of hydrogen-bond donors (Lipinski definition) is 1. The van der Waals surface area contributed by atoms with Crippen molar-refractivity contribution in [3.8, 4) is 0 Å². The third kappa shape index (κ3) is 3.52. The Morgan fingerprint density at radius 2 is 1.96 bits per heavy atom. The summed E-state index contributed by atoms with van der Waals surface area (Å²) in [6.07, 6.45) is 1.52. The van der Waals surface area contributed by atoms with Crippen molar-refractivity contribution in [3.05, 3.63) is 51.4 Å². The first-order valence-corrected chi connectivity index (χ1v) is 10.2. The van der Waals surface area contributed by atoms with Gasteiger partial charge in [-0.25, -0.2) is 4.98 Å². The number of carbonyl (C=O) groups excluding carboxylic acids is 1. The molecular weight excluding hydrogens is 374 g/mol. The highest BCUT2D eigenvalue weighted by molar-refractivity contribution is 7.20. The summed E-state index contributed by atoms with van der Waals surface area (Å²) in [5, 5.41) is 8.29. The largest absolute Gasteiger partial charge is 0.347 e.